The largest absolute Gasteiger partial charge is 0.394 e. The van der Waals surface area contributed by atoms with Crippen LogP contribution >= 0.6 is 9.24 Å². The molecule has 0 heterocycles. The normalized spacial score (nSPS) is 11.0. The molecule has 0 aliphatic rings. The lowest BCUT2D eigenvalue weighted by molar-refractivity contribution is 0.381. The molecular formula is C14H36NO4PS. The highest BCUT2D eigenvalue weighted by Crippen LogP contribution is 2.36. The summed E-state index contributed by atoms with van der Waals surface area (Å²) in [4.78, 5) is 0. The van der Waals surface area contributed by atoms with Crippen molar-refractivity contribution in [3.8, 4) is 0 Å². The zero-order chi connectivity index (χ0) is 17.4. The summed E-state index contributed by atoms with van der Waals surface area (Å²) >= 11 is 0. The molecule has 0 aromatic heterocycles. The van der Waals surface area contributed by atoms with Gasteiger partial charge in [-0.2, -0.15) is 8.42 Å². The second kappa shape index (κ2) is 16.6. The van der Waals surface area contributed by atoms with Crippen LogP contribution in [-0.2, 0) is 10.4 Å². The lowest BCUT2D eigenvalue weighted by atomic mass is 9.90. The van der Waals surface area contributed by atoms with Crippen molar-refractivity contribution in [2.45, 2.75) is 83.7 Å². The zero-order valence-electron chi connectivity index (χ0n) is 14.1. The molecule has 7 heteroatoms. The minimum absolute atomic E-state index is 0.571. The maximum Gasteiger partial charge on any atom is 0.394 e. The topological polar surface area (TPSA) is 101 Å². The highest BCUT2D eigenvalue weighted by atomic mass is 32.3. The maximum absolute atomic E-state index is 8.74. The van der Waals surface area contributed by atoms with Gasteiger partial charge in [0.25, 0.3) is 0 Å². The maximum atomic E-state index is 8.74. The molecule has 0 rings (SSSR count). The van der Waals surface area contributed by atoms with E-state index in [9.17, 15) is 0 Å². The van der Waals surface area contributed by atoms with Crippen LogP contribution in [0, 0.1) is 0 Å². The molecule has 0 fully saturated rings. The highest BCUT2D eigenvalue weighted by molar-refractivity contribution is 7.79. The van der Waals surface area contributed by atoms with Crippen LogP contribution in [0.5, 0.6) is 0 Å². The molecule has 4 N–H and O–H groups in total. The molecule has 0 saturated carbocycles. The fourth-order valence-corrected chi connectivity index (χ4v) is 2.57. The third-order valence-electron chi connectivity index (χ3n) is 3.08. The van der Waals surface area contributed by atoms with E-state index in [0.29, 0.717) is 5.16 Å². The number of hydrogen-bond acceptors (Lipinski definition) is 3. The molecule has 0 aliphatic carbocycles. The Hall–Kier alpha value is 0.260. The summed E-state index contributed by atoms with van der Waals surface area (Å²) in [6, 6.07) is 0. The average Bonchev–Trinajstić information content (AvgIpc) is 2.41. The van der Waals surface area contributed by atoms with E-state index in [-0.39, 0.29) is 0 Å². The van der Waals surface area contributed by atoms with Crippen molar-refractivity contribution in [2.24, 2.45) is 5.73 Å². The zero-order valence-corrected chi connectivity index (χ0v) is 16.1. The Balaban J connectivity index is -0.000000389. The molecule has 1 atom stereocenters. The van der Waals surface area contributed by atoms with Gasteiger partial charge in [0.15, 0.2) is 0 Å². The summed E-state index contributed by atoms with van der Waals surface area (Å²) in [5.74, 6) is 0. The molecule has 0 spiro atoms. The van der Waals surface area contributed by atoms with Gasteiger partial charge in [-0.1, -0.05) is 59.3 Å². The van der Waals surface area contributed by atoms with Gasteiger partial charge in [0.1, 0.15) is 0 Å². The van der Waals surface area contributed by atoms with Crippen molar-refractivity contribution in [3.05, 3.63) is 0 Å². The molecule has 1 unspecified atom stereocenters. The van der Waals surface area contributed by atoms with E-state index in [4.69, 9.17) is 17.5 Å². The molecule has 0 saturated heterocycles. The van der Waals surface area contributed by atoms with E-state index in [0.717, 1.165) is 0 Å². The van der Waals surface area contributed by atoms with E-state index in [1.165, 1.54) is 64.8 Å². The Labute approximate surface area is 134 Å². The minimum atomic E-state index is -4.67. The van der Waals surface area contributed by atoms with Gasteiger partial charge in [0, 0.05) is 0 Å². The Morgan fingerprint density at radius 1 is 0.857 bits per heavy atom. The molecule has 0 aromatic rings. The van der Waals surface area contributed by atoms with Gasteiger partial charge in [-0.05, 0) is 31.5 Å². The van der Waals surface area contributed by atoms with Crippen LogP contribution in [0.4, 0.5) is 0 Å². The van der Waals surface area contributed by atoms with Crippen molar-refractivity contribution >= 4 is 19.6 Å². The van der Waals surface area contributed by atoms with E-state index < -0.39 is 10.4 Å². The quantitative estimate of drug-likeness (QED) is 0.431. The van der Waals surface area contributed by atoms with Crippen LogP contribution in [0.25, 0.3) is 0 Å². The first kappa shape index (κ1) is 26.2. The first-order valence-corrected chi connectivity index (χ1v) is 9.72. The third kappa shape index (κ3) is 29.0. The van der Waals surface area contributed by atoms with Crippen LogP contribution in [-0.4, -0.2) is 29.7 Å². The first-order valence-electron chi connectivity index (χ1n) is 7.75. The Morgan fingerprint density at radius 2 is 1.05 bits per heavy atom. The van der Waals surface area contributed by atoms with Crippen LogP contribution in [0.2, 0.25) is 0 Å². The molecule has 0 aromatic carbocycles. The average molecular weight is 345 g/mol. The lowest BCUT2D eigenvalue weighted by Crippen LogP contribution is -2.20. The molecule has 0 amide bonds. The Kier molecular flexibility index (Phi) is 20.7. The van der Waals surface area contributed by atoms with Crippen molar-refractivity contribution in [1.29, 1.82) is 0 Å². The van der Waals surface area contributed by atoms with Crippen molar-refractivity contribution < 1.29 is 17.5 Å². The van der Waals surface area contributed by atoms with Gasteiger partial charge < -0.3 is 5.73 Å². The van der Waals surface area contributed by atoms with Gasteiger partial charge in [0.05, 0.1) is 0 Å². The molecular weight excluding hydrogens is 309 g/mol. The second-order valence-electron chi connectivity index (χ2n) is 5.12. The van der Waals surface area contributed by atoms with Crippen molar-refractivity contribution in [2.75, 3.05) is 7.05 Å². The monoisotopic (exact) mass is 345 g/mol. The standard InChI is InChI=1S/C13H29P.CH5N.H2O4S/c1-4-7-10-13(14,11-8-5-2)12-9-6-3;1-2;1-5(2,3)4/h4-12,14H2,1-3H3;2H2,1H3;(H2,1,2,3,4). The Bertz CT molecular complexity index is 268. The minimum Gasteiger partial charge on any atom is -0.333 e. The van der Waals surface area contributed by atoms with Crippen LogP contribution in [0.15, 0.2) is 0 Å². The van der Waals surface area contributed by atoms with Crippen LogP contribution in [0.1, 0.15) is 78.6 Å². The number of rotatable bonds is 9. The molecule has 0 bridgehead atoms. The predicted molar refractivity (Wildman–Crippen MR) is 95.3 cm³/mol. The number of unbranched alkanes of at least 4 members (excludes halogenated alkanes) is 3. The van der Waals surface area contributed by atoms with Crippen LogP contribution < -0.4 is 5.73 Å². The smallest absolute Gasteiger partial charge is 0.333 e. The molecule has 0 radical (unpaired) electrons. The molecule has 5 nitrogen and oxygen atoms in total. The summed E-state index contributed by atoms with van der Waals surface area (Å²) in [6.45, 7) is 6.89. The summed E-state index contributed by atoms with van der Waals surface area (Å²) in [7, 11) is -0.000694. The molecule has 21 heavy (non-hydrogen) atoms. The van der Waals surface area contributed by atoms with Crippen LogP contribution in [0.3, 0.4) is 0 Å². The fourth-order valence-electron chi connectivity index (χ4n) is 1.96. The number of nitrogens with two attached hydrogens (primary N) is 1. The summed E-state index contributed by atoms with van der Waals surface area (Å²) in [5, 5.41) is 0.571. The van der Waals surface area contributed by atoms with E-state index in [1.54, 1.807) is 0 Å². The molecule has 0 aliphatic heterocycles. The summed E-state index contributed by atoms with van der Waals surface area (Å²) < 4.78 is 31.6. The fraction of sp³-hybridized carbons (Fsp3) is 1.00. The van der Waals surface area contributed by atoms with Gasteiger partial charge in [-0.3, -0.25) is 9.11 Å². The van der Waals surface area contributed by atoms with Crippen molar-refractivity contribution in [3.63, 3.8) is 0 Å². The van der Waals surface area contributed by atoms with Crippen molar-refractivity contribution in [1.82, 2.24) is 0 Å². The summed E-state index contributed by atoms with van der Waals surface area (Å²) in [6.07, 6.45) is 12.5. The first-order chi connectivity index (χ1) is 9.68. The van der Waals surface area contributed by atoms with Gasteiger partial charge in [0.2, 0.25) is 0 Å². The second-order valence-corrected chi connectivity index (χ2v) is 7.24. The summed E-state index contributed by atoms with van der Waals surface area (Å²) in [5.41, 5.74) is 4.50. The third-order valence-corrected chi connectivity index (χ3v) is 3.95. The highest BCUT2D eigenvalue weighted by Gasteiger charge is 2.22. The Morgan fingerprint density at radius 3 is 1.19 bits per heavy atom. The predicted octanol–water partition coefficient (Wildman–Crippen LogP) is 4.09. The number of hydrogen-bond donors (Lipinski definition) is 3. The van der Waals surface area contributed by atoms with Gasteiger partial charge in [-0.25, -0.2) is 0 Å². The SMILES string of the molecule is CCCCC(P)(CCCC)CCCC.CN.O=S(=O)(O)O. The van der Waals surface area contributed by atoms with E-state index >= 15 is 0 Å². The van der Waals surface area contributed by atoms with Gasteiger partial charge in [-0.15, -0.1) is 9.24 Å². The van der Waals surface area contributed by atoms with Gasteiger partial charge >= 0.3 is 10.4 Å². The van der Waals surface area contributed by atoms with E-state index in [2.05, 4.69) is 35.7 Å². The van der Waals surface area contributed by atoms with E-state index in [1.807, 2.05) is 0 Å². The molecule has 132 valence electrons. The lowest BCUT2D eigenvalue weighted by Gasteiger charge is -2.29.